The van der Waals surface area contributed by atoms with Gasteiger partial charge in [0.05, 0.1) is 36.7 Å². The highest BCUT2D eigenvalue weighted by Gasteiger charge is 2.73. The van der Waals surface area contributed by atoms with Crippen molar-refractivity contribution in [2.24, 2.45) is 5.41 Å². The number of sulfonamides is 1. The molecule has 9 nitrogen and oxygen atoms in total. The van der Waals surface area contributed by atoms with E-state index in [0.717, 1.165) is 11.1 Å². The molecule has 2 heterocycles. The summed E-state index contributed by atoms with van der Waals surface area (Å²) in [6.45, 7) is 9.73. The molecule has 38 heavy (non-hydrogen) atoms. The van der Waals surface area contributed by atoms with Crippen LogP contribution in [-0.4, -0.2) is 57.2 Å². The monoisotopic (exact) mass is 540 g/mol. The van der Waals surface area contributed by atoms with Crippen molar-refractivity contribution in [1.29, 1.82) is 0 Å². The van der Waals surface area contributed by atoms with Crippen molar-refractivity contribution in [3.05, 3.63) is 65.7 Å². The molecule has 1 saturated heterocycles. The highest BCUT2D eigenvalue weighted by atomic mass is 32.2. The quantitative estimate of drug-likeness (QED) is 0.323. The van der Waals surface area contributed by atoms with Crippen LogP contribution in [0.4, 0.5) is 5.69 Å². The number of ether oxygens (including phenoxy) is 3. The number of nitrogens with one attached hydrogen (secondary N) is 1. The van der Waals surface area contributed by atoms with E-state index < -0.39 is 45.0 Å². The number of hydrogen-bond donors (Lipinski definition) is 1. The molecule has 5 rings (SSSR count). The van der Waals surface area contributed by atoms with E-state index in [0.29, 0.717) is 17.0 Å². The third-order valence-corrected chi connectivity index (χ3v) is 9.94. The van der Waals surface area contributed by atoms with Crippen LogP contribution in [0.3, 0.4) is 0 Å². The van der Waals surface area contributed by atoms with Crippen LogP contribution in [-0.2, 0) is 34.5 Å². The van der Waals surface area contributed by atoms with E-state index in [1.807, 2.05) is 19.1 Å². The predicted octanol–water partition coefficient (Wildman–Crippen LogP) is 3.53. The Morgan fingerprint density at radius 1 is 1.08 bits per heavy atom. The highest BCUT2D eigenvalue weighted by molar-refractivity contribution is 7.89. The van der Waals surface area contributed by atoms with E-state index in [-0.39, 0.29) is 31.0 Å². The highest BCUT2D eigenvalue weighted by Crippen LogP contribution is 2.65. The normalized spacial score (nSPS) is 25.2. The number of esters is 2. The van der Waals surface area contributed by atoms with Crippen molar-refractivity contribution in [3.63, 3.8) is 0 Å². The Labute approximate surface area is 222 Å². The minimum Gasteiger partial charge on any atom is -0.497 e. The molecule has 3 aliphatic rings. The van der Waals surface area contributed by atoms with Gasteiger partial charge in [-0.2, -0.15) is 4.31 Å². The van der Waals surface area contributed by atoms with Crippen molar-refractivity contribution in [2.75, 3.05) is 25.6 Å². The summed E-state index contributed by atoms with van der Waals surface area (Å²) in [5.41, 5.74) is 0.109. The number of hydrogen-bond acceptors (Lipinski definition) is 8. The molecule has 2 aromatic carbocycles. The van der Waals surface area contributed by atoms with Gasteiger partial charge in [-0.25, -0.2) is 8.42 Å². The summed E-state index contributed by atoms with van der Waals surface area (Å²) in [5.74, 6) is -0.881. The van der Waals surface area contributed by atoms with Crippen LogP contribution in [0.25, 0.3) is 0 Å². The van der Waals surface area contributed by atoms with Gasteiger partial charge in [-0.15, -0.1) is 0 Å². The van der Waals surface area contributed by atoms with Gasteiger partial charge in [0.15, 0.2) is 5.41 Å². The molecule has 2 aliphatic heterocycles. The molecule has 10 heteroatoms. The van der Waals surface area contributed by atoms with Crippen LogP contribution >= 0.6 is 0 Å². The lowest BCUT2D eigenvalue weighted by Gasteiger charge is -2.43. The Morgan fingerprint density at radius 2 is 1.71 bits per heavy atom. The summed E-state index contributed by atoms with van der Waals surface area (Å²) in [6.07, 6.45) is -1.00. The lowest BCUT2D eigenvalue weighted by atomic mass is 9.58. The van der Waals surface area contributed by atoms with Gasteiger partial charge < -0.3 is 19.5 Å². The predicted molar refractivity (Wildman–Crippen MR) is 140 cm³/mol. The zero-order valence-electron chi connectivity index (χ0n) is 21.9. The summed E-state index contributed by atoms with van der Waals surface area (Å²) >= 11 is 0. The van der Waals surface area contributed by atoms with Crippen LogP contribution in [0.2, 0.25) is 0 Å². The number of carbonyl (C=O) groups excluding carboxylic acids is 2. The van der Waals surface area contributed by atoms with Crippen LogP contribution in [0.5, 0.6) is 5.75 Å². The third-order valence-electron chi connectivity index (χ3n) is 8.05. The molecule has 3 atom stereocenters. The number of carbonyl (C=O) groups is 2. The number of benzene rings is 2. The maximum Gasteiger partial charge on any atom is 0.323 e. The Kier molecular flexibility index (Phi) is 6.30. The first kappa shape index (κ1) is 26.2. The SMILES string of the molecule is C=C1C2CC(C(=O)OCC)(C(=O)OCC)CC13c1cc(OC)ccc1NC3N2S(=O)(=O)c1ccc(C)cc1. The molecular formula is C28H32N2O7S. The number of anilines is 1. The second kappa shape index (κ2) is 9.13. The minimum atomic E-state index is -4.09. The van der Waals surface area contributed by atoms with Gasteiger partial charge in [-0.1, -0.05) is 24.3 Å². The van der Waals surface area contributed by atoms with Crippen molar-refractivity contribution in [3.8, 4) is 5.75 Å². The number of aryl methyl sites for hydroxylation is 1. The van der Waals surface area contributed by atoms with E-state index in [1.165, 1.54) is 4.31 Å². The zero-order chi connectivity index (χ0) is 27.5. The smallest absolute Gasteiger partial charge is 0.323 e. The van der Waals surface area contributed by atoms with Crippen molar-refractivity contribution < 1.29 is 32.2 Å². The van der Waals surface area contributed by atoms with Crippen molar-refractivity contribution in [1.82, 2.24) is 4.31 Å². The first-order valence-corrected chi connectivity index (χ1v) is 14.1. The van der Waals surface area contributed by atoms with Gasteiger partial charge in [-0.05, 0) is 75.1 Å². The van der Waals surface area contributed by atoms with Crippen LogP contribution in [0.1, 0.15) is 37.8 Å². The Balaban J connectivity index is 1.76. The molecule has 2 bridgehead atoms. The number of nitrogens with zero attached hydrogens (tertiary/aromatic N) is 1. The molecule has 2 fully saturated rings. The molecule has 202 valence electrons. The molecule has 1 saturated carbocycles. The van der Waals surface area contributed by atoms with Gasteiger partial charge >= 0.3 is 11.9 Å². The van der Waals surface area contributed by atoms with Crippen molar-refractivity contribution in [2.45, 2.75) is 56.1 Å². The molecule has 0 aromatic heterocycles. The molecule has 1 aliphatic carbocycles. The maximum atomic E-state index is 14.2. The summed E-state index contributed by atoms with van der Waals surface area (Å²) in [4.78, 5) is 27.3. The van der Waals surface area contributed by atoms with Crippen LogP contribution in [0, 0.1) is 12.3 Å². The van der Waals surface area contributed by atoms with Gasteiger partial charge in [0.1, 0.15) is 11.9 Å². The first-order chi connectivity index (χ1) is 18.1. The molecule has 0 radical (unpaired) electrons. The Bertz CT molecular complexity index is 1400. The fourth-order valence-corrected chi connectivity index (χ4v) is 8.06. The summed E-state index contributed by atoms with van der Waals surface area (Å²) in [6, 6.07) is 11.2. The number of rotatable bonds is 7. The third kappa shape index (κ3) is 3.50. The first-order valence-electron chi connectivity index (χ1n) is 12.7. The zero-order valence-corrected chi connectivity index (χ0v) is 22.8. The molecular weight excluding hydrogens is 508 g/mol. The molecule has 2 aromatic rings. The topological polar surface area (TPSA) is 111 Å². The maximum absolute atomic E-state index is 14.2. The summed E-state index contributed by atoms with van der Waals surface area (Å²) in [7, 11) is -2.54. The van der Waals surface area contributed by atoms with Gasteiger partial charge in [0.25, 0.3) is 0 Å². The Morgan fingerprint density at radius 3 is 2.29 bits per heavy atom. The number of methoxy groups -OCH3 is 1. The van der Waals surface area contributed by atoms with E-state index in [4.69, 9.17) is 14.2 Å². The van der Waals surface area contributed by atoms with Crippen LogP contribution in [0.15, 0.2) is 59.5 Å². The lowest BCUT2D eigenvalue weighted by molar-refractivity contribution is -0.175. The molecule has 3 unspecified atom stereocenters. The van der Waals surface area contributed by atoms with E-state index in [9.17, 15) is 18.0 Å². The average Bonchev–Trinajstić information content (AvgIpc) is 3.25. The lowest BCUT2D eigenvalue weighted by Crippen LogP contribution is -2.53. The molecule has 0 amide bonds. The molecule has 1 spiro atoms. The molecule has 1 N–H and O–H groups in total. The largest absolute Gasteiger partial charge is 0.497 e. The second-order valence-corrected chi connectivity index (χ2v) is 11.9. The standard InChI is InChI=1S/C28H32N2O7S/c1-6-36-25(31)27(26(32)37-7-2)15-23-18(4)28(16-27)21-14-19(35-5)10-13-22(21)29-24(28)30(23)38(33,34)20-11-8-17(3)9-12-20/h8-14,23-24,29H,4,6-7,15-16H2,1-3,5H3. The van der Waals surface area contributed by atoms with E-state index >= 15 is 0 Å². The summed E-state index contributed by atoms with van der Waals surface area (Å²) < 4.78 is 46.2. The van der Waals surface area contributed by atoms with E-state index in [2.05, 4.69) is 11.9 Å². The van der Waals surface area contributed by atoms with Gasteiger partial charge in [0.2, 0.25) is 10.0 Å². The van der Waals surface area contributed by atoms with Crippen LogP contribution < -0.4 is 10.1 Å². The second-order valence-electron chi connectivity index (χ2n) is 10.0. The van der Waals surface area contributed by atoms with Gasteiger partial charge in [-0.3, -0.25) is 9.59 Å². The van der Waals surface area contributed by atoms with Gasteiger partial charge in [0, 0.05) is 5.69 Å². The minimum absolute atomic E-state index is 0.0508. The summed E-state index contributed by atoms with van der Waals surface area (Å²) in [5, 5.41) is 3.38. The van der Waals surface area contributed by atoms with Crippen molar-refractivity contribution >= 4 is 27.6 Å². The van der Waals surface area contributed by atoms with E-state index in [1.54, 1.807) is 51.3 Å². The fourth-order valence-electron chi connectivity index (χ4n) is 6.29. The average molecular weight is 541 g/mol. The number of fused-ring (bicyclic) bond motifs is 2. The Hall–Kier alpha value is -3.37. The fraction of sp³-hybridized carbons (Fsp3) is 0.429.